The van der Waals surface area contributed by atoms with E-state index in [9.17, 15) is 13.6 Å². The van der Waals surface area contributed by atoms with Gasteiger partial charge in [-0.15, -0.1) is 0 Å². The second-order valence-electron chi connectivity index (χ2n) is 3.95. The molecule has 7 heteroatoms. The zero-order valence-electron chi connectivity index (χ0n) is 10.6. The summed E-state index contributed by atoms with van der Waals surface area (Å²) in [6.07, 6.45) is 1.81. The lowest BCUT2D eigenvalue weighted by Gasteiger charge is -2.21. The Balaban J connectivity index is 2.63. The molecule has 1 rings (SSSR count). The average molecular weight is 290 g/mol. The van der Waals surface area contributed by atoms with Crippen molar-refractivity contribution in [1.82, 2.24) is 5.32 Å². The maximum absolute atomic E-state index is 13.3. The summed E-state index contributed by atoms with van der Waals surface area (Å²) in [5, 5.41) is 13.7. The highest BCUT2D eigenvalue weighted by atomic mass is 32.2. The van der Waals surface area contributed by atoms with Gasteiger partial charge in [0.05, 0.1) is 12.3 Å². The molecule has 2 amide bonds. The number of nitrogens with one attached hydrogen (secondary N) is 2. The first-order valence-electron chi connectivity index (χ1n) is 5.64. The molecule has 1 aromatic carbocycles. The van der Waals surface area contributed by atoms with Gasteiger partial charge in [0.25, 0.3) is 0 Å². The molecular weight excluding hydrogens is 274 g/mol. The minimum Gasteiger partial charge on any atom is -0.395 e. The van der Waals surface area contributed by atoms with Crippen LogP contribution in [-0.2, 0) is 0 Å². The van der Waals surface area contributed by atoms with Crippen LogP contribution in [0.15, 0.2) is 18.2 Å². The molecule has 106 valence electrons. The van der Waals surface area contributed by atoms with Crippen LogP contribution >= 0.6 is 11.8 Å². The smallest absolute Gasteiger partial charge is 0.319 e. The molecule has 0 heterocycles. The van der Waals surface area contributed by atoms with Gasteiger partial charge in [-0.3, -0.25) is 0 Å². The molecule has 19 heavy (non-hydrogen) atoms. The summed E-state index contributed by atoms with van der Waals surface area (Å²) in [5.41, 5.74) is -0.227. The number of hydrogen-bond donors (Lipinski definition) is 3. The van der Waals surface area contributed by atoms with Gasteiger partial charge in [-0.1, -0.05) is 6.07 Å². The third kappa shape index (κ3) is 4.36. The second-order valence-corrected chi connectivity index (χ2v) is 5.02. The molecule has 0 saturated heterocycles. The normalized spacial score (nSPS) is 13.7. The first-order chi connectivity index (χ1) is 8.99. The number of aliphatic hydroxyl groups excluding tert-OH is 1. The Kier molecular flexibility index (Phi) is 6.04. The Hall–Kier alpha value is -1.34. The van der Waals surface area contributed by atoms with Gasteiger partial charge in [0.1, 0.15) is 0 Å². The summed E-state index contributed by atoms with van der Waals surface area (Å²) in [6, 6.07) is 2.58. The molecule has 0 aromatic heterocycles. The van der Waals surface area contributed by atoms with Crippen LogP contribution in [0.2, 0.25) is 0 Å². The zero-order valence-corrected chi connectivity index (χ0v) is 11.4. The quantitative estimate of drug-likeness (QED) is 0.779. The number of hydrogen-bond acceptors (Lipinski definition) is 3. The number of anilines is 1. The number of amides is 2. The van der Waals surface area contributed by atoms with E-state index in [1.54, 1.807) is 6.92 Å². The Morgan fingerprint density at radius 1 is 1.47 bits per heavy atom. The SMILES string of the molecule is CSC(CO)C(C)NC(=O)Nc1cccc(F)c1F. The fraction of sp³-hybridized carbons (Fsp3) is 0.417. The van der Waals surface area contributed by atoms with E-state index >= 15 is 0 Å². The first kappa shape index (κ1) is 15.7. The molecule has 0 aliphatic carbocycles. The van der Waals surface area contributed by atoms with Gasteiger partial charge in [-0.05, 0) is 25.3 Å². The predicted molar refractivity (Wildman–Crippen MR) is 72.4 cm³/mol. The van der Waals surface area contributed by atoms with Crippen LogP contribution in [0.25, 0.3) is 0 Å². The highest BCUT2D eigenvalue weighted by Gasteiger charge is 2.18. The van der Waals surface area contributed by atoms with Crippen molar-refractivity contribution in [3.63, 3.8) is 0 Å². The second kappa shape index (κ2) is 7.30. The fourth-order valence-electron chi connectivity index (χ4n) is 1.50. The van der Waals surface area contributed by atoms with E-state index in [2.05, 4.69) is 10.6 Å². The van der Waals surface area contributed by atoms with Crippen LogP contribution in [0.4, 0.5) is 19.3 Å². The van der Waals surface area contributed by atoms with E-state index in [4.69, 9.17) is 5.11 Å². The highest BCUT2D eigenvalue weighted by Crippen LogP contribution is 2.16. The van der Waals surface area contributed by atoms with Crippen molar-refractivity contribution in [2.75, 3.05) is 18.2 Å². The van der Waals surface area contributed by atoms with Gasteiger partial charge in [0, 0.05) is 11.3 Å². The van der Waals surface area contributed by atoms with E-state index in [0.717, 1.165) is 6.07 Å². The standard InChI is InChI=1S/C12H16F2N2O2S/c1-7(10(6-17)19-2)15-12(18)16-9-5-3-4-8(13)11(9)14/h3-5,7,10,17H,6H2,1-2H3,(H2,15,16,18). The summed E-state index contributed by atoms with van der Waals surface area (Å²) in [4.78, 5) is 11.6. The zero-order chi connectivity index (χ0) is 14.4. The van der Waals surface area contributed by atoms with Crippen molar-refractivity contribution in [3.8, 4) is 0 Å². The van der Waals surface area contributed by atoms with Crippen molar-refractivity contribution in [2.45, 2.75) is 18.2 Å². The van der Waals surface area contributed by atoms with Crippen LogP contribution in [0, 0.1) is 11.6 Å². The molecule has 0 aliphatic rings. The number of urea groups is 1. The lowest BCUT2D eigenvalue weighted by molar-refractivity contribution is 0.243. The minimum atomic E-state index is -1.10. The number of benzene rings is 1. The number of carbonyl (C=O) groups is 1. The molecule has 2 atom stereocenters. The third-order valence-corrected chi connectivity index (χ3v) is 3.76. The van der Waals surface area contributed by atoms with Gasteiger partial charge in [-0.25, -0.2) is 13.6 Å². The van der Waals surface area contributed by atoms with Gasteiger partial charge in [0.2, 0.25) is 0 Å². The number of thioether (sulfide) groups is 1. The van der Waals surface area contributed by atoms with E-state index in [-0.39, 0.29) is 23.6 Å². The van der Waals surface area contributed by atoms with Crippen LogP contribution in [0.1, 0.15) is 6.92 Å². The Bertz CT molecular complexity index is 442. The Labute approximate surface area is 114 Å². The molecule has 1 aromatic rings. The number of rotatable bonds is 5. The lowest BCUT2D eigenvalue weighted by Crippen LogP contribution is -2.43. The van der Waals surface area contributed by atoms with Crippen molar-refractivity contribution < 1.29 is 18.7 Å². The maximum Gasteiger partial charge on any atom is 0.319 e. The van der Waals surface area contributed by atoms with E-state index in [0.29, 0.717) is 0 Å². The van der Waals surface area contributed by atoms with Crippen molar-refractivity contribution in [1.29, 1.82) is 0 Å². The lowest BCUT2D eigenvalue weighted by atomic mass is 10.2. The summed E-state index contributed by atoms with van der Waals surface area (Å²) < 4.78 is 26.3. The van der Waals surface area contributed by atoms with Gasteiger partial charge in [-0.2, -0.15) is 11.8 Å². The minimum absolute atomic E-state index is 0.0864. The van der Waals surface area contributed by atoms with Gasteiger partial charge < -0.3 is 15.7 Å². The molecule has 0 saturated carbocycles. The molecule has 0 radical (unpaired) electrons. The van der Waals surface area contributed by atoms with Crippen LogP contribution in [0.3, 0.4) is 0 Å². The molecule has 4 nitrogen and oxygen atoms in total. The van der Waals surface area contributed by atoms with E-state index in [1.807, 2.05) is 6.26 Å². The third-order valence-electron chi connectivity index (χ3n) is 2.60. The molecule has 0 spiro atoms. The maximum atomic E-state index is 13.3. The van der Waals surface area contributed by atoms with E-state index in [1.165, 1.54) is 23.9 Å². The predicted octanol–water partition coefficient (Wildman–Crippen LogP) is 2.20. The topological polar surface area (TPSA) is 61.4 Å². The number of carbonyl (C=O) groups excluding carboxylic acids is 1. The van der Waals surface area contributed by atoms with E-state index < -0.39 is 17.7 Å². The van der Waals surface area contributed by atoms with Crippen molar-refractivity contribution >= 4 is 23.5 Å². The largest absolute Gasteiger partial charge is 0.395 e. The van der Waals surface area contributed by atoms with Crippen LogP contribution < -0.4 is 10.6 Å². The van der Waals surface area contributed by atoms with Crippen LogP contribution in [-0.4, -0.2) is 35.3 Å². The molecule has 0 bridgehead atoms. The highest BCUT2D eigenvalue weighted by molar-refractivity contribution is 7.99. The first-order valence-corrected chi connectivity index (χ1v) is 6.93. The molecule has 0 aliphatic heterocycles. The van der Waals surface area contributed by atoms with Crippen molar-refractivity contribution in [2.24, 2.45) is 0 Å². The van der Waals surface area contributed by atoms with Gasteiger partial charge in [0.15, 0.2) is 11.6 Å². The summed E-state index contributed by atoms with van der Waals surface area (Å²) >= 11 is 1.41. The monoisotopic (exact) mass is 290 g/mol. The van der Waals surface area contributed by atoms with Crippen LogP contribution in [0.5, 0.6) is 0 Å². The number of halogens is 2. The van der Waals surface area contributed by atoms with Gasteiger partial charge >= 0.3 is 6.03 Å². The summed E-state index contributed by atoms with van der Waals surface area (Å²) in [7, 11) is 0. The molecule has 2 unspecified atom stereocenters. The number of aliphatic hydroxyl groups is 1. The van der Waals surface area contributed by atoms with Crippen molar-refractivity contribution in [3.05, 3.63) is 29.8 Å². The summed E-state index contributed by atoms with van der Waals surface area (Å²) in [5.74, 6) is -2.13. The summed E-state index contributed by atoms with van der Waals surface area (Å²) in [6.45, 7) is 1.63. The molecule has 0 fully saturated rings. The average Bonchev–Trinajstić information content (AvgIpc) is 2.36. The Morgan fingerprint density at radius 3 is 2.74 bits per heavy atom. The Morgan fingerprint density at radius 2 is 2.16 bits per heavy atom. The fourth-order valence-corrected chi connectivity index (χ4v) is 2.12. The molecular formula is C12H16F2N2O2S. The molecule has 3 N–H and O–H groups in total.